The van der Waals surface area contributed by atoms with Crippen molar-refractivity contribution in [3.63, 3.8) is 0 Å². The van der Waals surface area contributed by atoms with Crippen LogP contribution in [0.3, 0.4) is 0 Å². The molecule has 3 aromatic rings. The average Bonchev–Trinajstić information content (AvgIpc) is 2.48. The number of benzene rings is 2. The molecule has 0 radical (unpaired) electrons. The van der Waals surface area contributed by atoms with Gasteiger partial charge in [0, 0.05) is 0 Å². The van der Waals surface area contributed by atoms with E-state index in [1.54, 1.807) is 18.2 Å². The van der Waals surface area contributed by atoms with E-state index in [9.17, 15) is 14.3 Å². The van der Waals surface area contributed by atoms with Crippen molar-refractivity contribution >= 4 is 10.9 Å². The summed E-state index contributed by atoms with van der Waals surface area (Å²) in [6.07, 6.45) is 0. The van der Waals surface area contributed by atoms with Gasteiger partial charge in [-0.05, 0) is 30.7 Å². The lowest BCUT2D eigenvalue weighted by molar-refractivity contribution is 0.268. The molecule has 0 saturated heterocycles. The van der Waals surface area contributed by atoms with Crippen molar-refractivity contribution in [3.05, 3.63) is 70.0 Å². The molecule has 0 aliphatic heterocycles. The Kier molecular flexibility index (Phi) is 3.27. The second-order valence-corrected chi connectivity index (χ2v) is 4.75. The molecule has 0 bridgehead atoms. The van der Waals surface area contributed by atoms with Gasteiger partial charge in [0.1, 0.15) is 23.6 Å². The van der Waals surface area contributed by atoms with Gasteiger partial charge in [-0.15, -0.1) is 0 Å². The molecular formula is C16H13FN2O2. The maximum atomic E-state index is 14.0. The number of hydrogen-bond donors (Lipinski definition) is 1. The van der Waals surface area contributed by atoms with Crippen molar-refractivity contribution in [1.82, 2.24) is 9.55 Å². The highest BCUT2D eigenvalue weighted by Crippen LogP contribution is 2.17. The van der Waals surface area contributed by atoms with E-state index in [-0.39, 0.29) is 16.7 Å². The molecular weight excluding hydrogens is 271 g/mol. The SMILES string of the molecule is Cc1ccccc1-n1c(CO)nc2cccc(F)c2c1=O. The van der Waals surface area contributed by atoms with Crippen molar-refractivity contribution in [3.8, 4) is 5.69 Å². The molecule has 0 unspecified atom stereocenters. The predicted octanol–water partition coefficient (Wildman–Crippen LogP) is 2.33. The normalized spacial score (nSPS) is 11.0. The fourth-order valence-electron chi connectivity index (χ4n) is 2.40. The third-order valence-corrected chi connectivity index (χ3v) is 3.41. The van der Waals surface area contributed by atoms with Gasteiger partial charge >= 0.3 is 0 Å². The summed E-state index contributed by atoms with van der Waals surface area (Å²) in [5.41, 5.74) is 1.15. The summed E-state index contributed by atoms with van der Waals surface area (Å²) in [5, 5.41) is 9.44. The van der Waals surface area contributed by atoms with Gasteiger partial charge in [0.25, 0.3) is 5.56 Å². The Bertz CT molecular complexity index is 887. The van der Waals surface area contributed by atoms with Crippen molar-refractivity contribution in [1.29, 1.82) is 0 Å². The van der Waals surface area contributed by atoms with Crippen LogP contribution in [0.4, 0.5) is 4.39 Å². The molecule has 5 heteroatoms. The lowest BCUT2D eigenvalue weighted by Gasteiger charge is -2.14. The van der Waals surface area contributed by atoms with Crippen LogP contribution in [-0.2, 0) is 6.61 Å². The fourth-order valence-corrected chi connectivity index (χ4v) is 2.40. The number of hydrogen-bond acceptors (Lipinski definition) is 3. The van der Waals surface area contributed by atoms with E-state index in [2.05, 4.69) is 4.98 Å². The smallest absolute Gasteiger partial charge is 0.269 e. The van der Waals surface area contributed by atoms with Crippen LogP contribution in [0.2, 0.25) is 0 Å². The first-order chi connectivity index (χ1) is 10.1. The lowest BCUT2D eigenvalue weighted by atomic mass is 10.1. The highest BCUT2D eigenvalue weighted by atomic mass is 19.1. The van der Waals surface area contributed by atoms with Gasteiger partial charge in [-0.25, -0.2) is 9.37 Å². The molecule has 3 rings (SSSR count). The highest BCUT2D eigenvalue weighted by molar-refractivity contribution is 5.78. The summed E-state index contributed by atoms with van der Waals surface area (Å²) in [6.45, 7) is 1.44. The van der Waals surface area contributed by atoms with Crippen LogP contribution in [-0.4, -0.2) is 14.7 Å². The van der Waals surface area contributed by atoms with E-state index in [1.165, 1.54) is 16.7 Å². The van der Waals surface area contributed by atoms with Gasteiger partial charge in [0.15, 0.2) is 0 Å². The first-order valence-corrected chi connectivity index (χ1v) is 6.50. The molecule has 0 fully saturated rings. The molecule has 2 aromatic carbocycles. The minimum absolute atomic E-state index is 0.0713. The van der Waals surface area contributed by atoms with Gasteiger partial charge in [0.2, 0.25) is 0 Å². The minimum atomic E-state index is -0.614. The van der Waals surface area contributed by atoms with Crippen molar-refractivity contribution in [2.75, 3.05) is 0 Å². The second-order valence-electron chi connectivity index (χ2n) is 4.75. The monoisotopic (exact) mass is 284 g/mol. The standard InChI is InChI=1S/C16H13FN2O2/c1-10-5-2-3-8-13(10)19-14(9-20)18-12-7-4-6-11(17)15(12)16(19)21/h2-8,20H,9H2,1H3. The number of aliphatic hydroxyl groups excluding tert-OH is 1. The third kappa shape index (κ3) is 2.11. The Morgan fingerprint density at radius 3 is 2.67 bits per heavy atom. The van der Waals surface area contributed by atoms with Crippen LogP contribution in [0.5, 0.6) is 0 Å². The first-order valence-electron chi connectivity index (χ1n) is 6.50. The predicted molar refractivity (Wildman–Crippen MR) is 78.0 cm³/mol. The number of aliphatic hydroxyl groups is 1. The van der Waals surface area contributed by atoms with Crippen LogP contribution in [0.1, 0.15) is 11.4 Å². The Balaban J connectivity index is 2.48. The van der Waals surface area contributed by atoms with Crippen LogP contribution < -0.4 is 5.56 Å². The Hall–Kier alpha value is -2.53. The maximum absolute atomic E-state index is 14.0. The zero-order valence-electron chi connectivity index (χ0n) is 11.4. The van der Waals surface area contributed by atoms with Gasteiger partial charge in [0.05, 0.1) is 11.2 Å². The van der Waals surface area contributed by atoms with E-state index in [0.29, 0.717) is 5.69 Å². The van der Waals surface area contributed by atoms with Gasteiger partial charge in [-0.2, -0.15) is 0 Å². The van der Waals surface area contributed by atoms with Crippen LogP contribution >= 0.6 is 0 Å². The molecule has 0 atom stereocenters. The molecule has 0 saturated carbocycles. The average molecular weight is 284 g/mol. The van der Waals surface area contributed by atoms with Crippen molar-refractivity contribution < 1.29 is 9.50 Å². The Labute approximate surface area is 120 Å². The van der Waals surface area contributed by atoms with Gasteiger partial charge in [-0.1, -0.05) is 24.3 Å². The molecule has 21 heavy (non-hydrogen) atoms. The van der Waals surface area contributed by atoms with Crippen LogP contribution in [0.25, 0.3) is 16.6 Å². The topological polar surface area (TPSA) is 55.1 Å². The number of fused-ring (bicyclic) bond motifs is 1. The largest absolute Gasteiger partial charge is 0.388 e. The Morgan fingerprint density at radius 1 is 1.19 bits per heavy atom. The molecule has 0 aliphatic rings. The number of nitrogens with zero attached hydrogens (tertiary/aromatic N) is 2. The summed E-state index contributed by atoms with van der Waals surface area (Å²) in [5.74, 6) is -0.427. The zero-order valence-corrected chi connectivity index (χ0v) is 11.4. The summed E-state index contributed by atoms with van der Waals surface area (Å²) < 4.78 is 15.2. The summed E-state index contributed by atoms with van der Waals surface area (Å²) in [7, 11) is 0. The minimum Gasteiger partial charge on any atom is -0.388 e. The zero-order chi connectivity index (χ0) is 15.0. The van der Waals surface area contributed by atoms with Gasteiger partial charge < -0.3 is 5.11 Å². The van der Waals surface area contributed by atoms with E-state index in [4.69, 9.17) is 0 Å². The third-order valence-electron chi connectivity index (χ3n) is 3.41. The Morgan fingerprint density at radius 2 is 1.95 bits per heavy atom. The highest BCUT2D eigenvalue weighted by Gasteiger charge is 2.15. The molecule has 1 N–H and O–H groups in total. The summed E-state index contributed by atoms with van der Waals surface area (Å²) >= 11 is 0. The summed E-state index contributed by atoms with van der Waals surface area (Å²) in [4.78, 5) is 16.9. The molecule has 1 heterocycles. The molecule has 0 amide bonds. The first kappa shape index (κ1) is 13.5. The van der Waals surface area contributed by atoms with Crippen LogP contribution in [0, 0.1) is 12.7 Å². The van der Waals surface area contributed by atoms with Crippen molar-refractivity contribution in [2.24, 2.45) is 0 Å². The molecule has 0 aliphatic carbocycles. The molecule has 106 valence electrons. The van der Waals surface area contributed by atoms with E-state index in [1.807, 2.05) is 19.1 Å². The number of rotatable bonds is 2. The van der Waals surface area contributed by atoms with E-state index in [0.717, 1.165) is 5.56 Å². The number of halogens is 1. The fraction of sp³-hybridized carbons (Fsp3) is 0.125. The number of aryl methyl sites for hydroxylation is 1. The summed E-state index contributed by atoms with van der Waals surface area (Å²) in [6, 6.07) is 11.5. The van der Waals surface area contributed by atoms with Gasteiger partial charge in [-0.3, -0.25) is 9.36 Å². The quantitative estimate of drug-likeness (QED) is 0.785. The van der Waals surface area contributed by atoms with Crippen molar-refractivity contribution in [2.45, 2.75) is 13.5 Å². The molecule has 4 nitrogen and oxygen atoms in total. The number of aromatic nitrogens is 2. The second kappa shape index (κ2) is 5.10. The number of para-hydroxylation sites is 1. The maximum Gasteiger partial charge on any atom is 0.269 e. The van der Waals surface area contributed by atoms with Crippen LogP contribution in [0.15, 0.2) is 47.3 Å². The molecule has 0 spiro atoms. The van der Waals surface area contributed by atoms with E-state index < -0.39 is 18.0 Å². The molecule has 1 aromatic heterocycles. The van der Waals surface area contributed by atoms with E-state index >= 15 is 0 Å². The lowest BCUT2D eigenvalue weighted by Crippen LogP contribution is -2.25.